The summed E-state index contributed by atoms with van der Waals surface area (Å²) >= 11 is 12.7. The van der Waals surface area contributed by atoms with Gasteiger partial charge in [-0.3, -0.25) is 9.59 Å². The van der Waals surface area contributed by atoms with Crippen LogP contribution in [0.1, 0.15) is 45.6 Å². The molecular formula is C25H33Cl2N3O4S. The van der Waals surface area contributed by atoms with E-state index in [-0.39, 0.29) is 48.7 Å². The number of benzene rings is 2. The quantitative estimate of drug-likeness (QED) is 0.420. The zero-order chi connectivity index (χ0) is 26.2. The highest BCUT2D eigenvalue weighted by Gasteiger charge is 2.28. The van der Waals surface area contributed by atoms with Crippen LogP contribution in [0.25, 0.3) is 0 Å². The summed E-state index contributed by atoms with van der Waals surface area (Å²) in [5, 5.41) is 3.71. The average molecular weight is 543 g/mol. The van der Waals surface area contributed by atoms with E-state index >= 15 is 0 Å². The molecule has 0 aliphatic rings. The molecule has 2 rings (SSSR count). The third kappa shape index (κ3) is 7.93. The molecule has 2 amide bonds. The second-order valence-corrected chi connectivity index (χ2v) is 11.3. The van der Waals surface area contributed by atoms with Crippen molar-refractivity contribution in [1.29, 1.82) is 0 Å². The van der Waals surface area contributed by atoms with Crippen molar-refractivity contribution in [3.8, 4) is 0 Å². The number of carbonyl (C=O) groups is 2. The predicted octanol–water partition coefficient (Wildman–Crippen LogP) is 4.73. The minimum Gasteiger partial charge on any atom is -0.352 e. The van der Waals surface area contributed by atoms with E-state index in [2.05, 4.69) is 5.32 Å². The SMILES string of the molecule is CC[C@H](C)NC(=O)[C@H](C)N(Cc1c(Cl)cccc1Cl)C(=O)CCCN(C)S(=O)(=O)c1ccccc1. The highest BCUT2D eigenvalue weighted by atomic mass is 35.5. The second kappa shape index (κ2) is 13.3. The molecule has 0 spiro atoms. The first kappa shape index (κ1) is 29.1. The van der Waals surface area contributed by atoms with E-state index in [0.29, 0.717) is 15.6 Å². The number of amides is 2. The van der Waals surface area contributed by atoms with Crippen molar-refractivity contribution < 1.29 is 18.0 Å². The number of sulfonamides is 1. The van der Waals surface area contributed by atoms with Gasteiger partial charge in [-0.25, -0.2) is 12.7 Å². The van der Waals surface area contributed by atoms with Gasteiger partial charge in [-0.1, -0.05) is 54.4 Å². The van der Waals surface area contributed by atoms with Crippen LogP contribution in [0.3, 0.4) is 0 Å². The molecule has 0 aromatic heterocycles. The number of hydrogen-bond acceptors (Lipinski definition) is 4. The predicted molar refractivity (Wildman–Crippen MR) is 140 cm³/mol. The van der Waals surface area contributed by atoms with Gasteiger partial charge in [0, 0.05) is 48.2 Å². The lowest BCUT2D eigenvalue weighted by Gasteiger charge is -2.30. The van der Waals surface area contributed by atoms with Crippen molar-refractivity contribution >= 4 is 45.0 Å². The Morgan fingerprint density at radius 1 is 1.00 bits per heavy atom. The fourth-order valence-electron chi connectivity index (χ4n) is 3.39. The smallest absolute Gasteiger partial charge is 0.242 e. The van der Waals surface area contributed by atoms with Crippen LogP contribution >= 0.6 is 23.2 Å². The van der Waals surface area contributed by atoms with Crippen molar-refractivity contribution in [1.82, 2.24) is 14.5 Å². The maximum absolute atomic E-state index is 13.3. The number of hydrogen-bond donors (Lipinski definition) is 1. The van der Waals surface area contributed by atoms with Gasteiger partial charge in [0.2, 0.25) is 21.8 Å². The van der Waals surface area contributed by atoms with Gasteiger partial charge in [0.05, 0.1) is 4.90 Å². The number of nitrogens with zero attached hydrogens (tertiary/aromatic N) is 2. The highest BCUT2D eigenvalue weighted by Crippen LogP contribution is 2.27. The Labute approximate surface area is 218 Å². The fourth-order valence-corrected chi connectivity index (χ4v) is 5.14. The lowest BCUT2D eigenvalue weighted by atomic mass is 10.1. The zero-order valence-corrected chi connectivity index (χ0v) is 22.8. The lowest BCUT2D eigenvalue weighted by Crippen LogP contribution is -2.49. The monoisotopic (exact) mass is 541 g/mol. The van der Waals surface area contributed by atoms with Crippen LogP contribution in [-0.4, -0.2) is 55.1 Å². The van der Waals surface area contributed by atoms with E-state index in [4.69, 9.17) is 23.2 Å². The van der Waals surface area contributed by atoms with Crippen LogP contribution in [0, 0.1) is 0 Å². The van der Waals surface area contributed by atoms with Gasteiger partial charge in [-0.15, -0.1) is 0 Å². The summed E-state index contributed by atoms with van der Waals surface area (Å²) in [7, 11) is -2.17. The topological polar surface area (TPSA) is 86.8 Å². The van der Waals surface area contributed by atoms with E-state index in [1.165, 1.54) is 28.4 Å². The summed E-state index contributed by atoms with van der Waals surface area (Å²) in [6, 6.07) is 12.4. The standard InChI is InChI=1S/C25H33Cl2N3O4S/c1-5-18(2)28-25(32)19(3)30(17-21-22(26)13-9-14-23(21)27)24(31)15-10-16-29(4)35(33,34)20-11-7-6-8-12-20/h6-9,11-14,18-19H,5,10,15-17H2,1-4H3,(H,28,32)/t18-,19-/m0/s1. The van der Waals surface area contributed by atoms with E-state index in [1.807, 2.05) is 13.8 Å². The van der Waals surface area contributed by atoms with Gasteiger partial charge < -0.3 is 10.2 Å². The molecule has 0 fully saturated rings. The molecule has 0 radical (unpaired) electrons. The van der Waals surface area contributed by atoms with E-state index in [9.17, 15) is 18.0 Å². The van der Waals surface area contributed by atoms with Crippen molar-refractivity contribution in [3.63, 3.8) is 0 Å². The Morgan fingerprint density at radius 2 is 1.60 bits per heavy atom. The van der Waals surface area contributed by atoms with Crippen LogP contribution in [0.15, 0.2) is 53.4 Å². The molecule has 0 aliphatic heterocycles. The number of nitrogens with one attached hydrogen (secondary N) is 1. The summed E-state index contributed by atoms with van der Waals surface area (Å²) in [6.07, 6.45) is 1.09. The van der Waals surface area contributed by atoms with Crippen LogP contribution in [0.5, 0.6) is 0 Å². The summed E-state index contributed by atoms with van der Waals surface area (Å²) in [6.45, 7) is 5.72. The molecule has 0 heterocycles. The Balaban J connectivity index is 2.14. The molecule has 10 heteroatoms. The average Bonchev–Trinajstić information content (AvgIpc) is 2.83. The Morgan fingerprint density at radius 3 is 2.17 bits per heavy atom. The summed E-state index contributed by atoms with van der Waals surface area (Å²) in [5.74, 6) is -0.571. The highest BCUT2D eigenvalue weighted by molar-refractivity contribution is 7.89. The largest absolute Gasteiger partial charge is 0.352 e. The number of halogens is 2. The first-order chi connectivity index (χ1) is 16.5. The molecule has 192 valence electrons. The number of carbonyl (C=O) groups excluding carboxylic acids is 2. The van der Waals surface area contributed by atoms with Gasteiger partial charge in [0.1, 0.15) is 6.04 Å². The molecular weight excluding hydrogens is 509 g/mol. The zero-order valence-electron chi connectivity index (χ0n) is 20.5. The fraction of sp³-hybridized carbons (Fsp3) is 0.440. The second-order valence-electron chi connectivity index (χ2n) is 8.46. The molecule has 0 saturated carbocycles. The third-order valence-corrected chi connectivity index (χ3v) is 8.45. The molecule has 0 saturated heterocycles. The van der Waals surface area contributed by atoms with Gasteiger partial charge >= 0.3 is 0 Å². The van der Waals surface area contributed by atoms with Crippen LogP contribution in [-0.2, 0) is 26.2 Å². The van der Waals surface area contributed by atoms with Gasteiger partial charge in [0.25, 0.3) is 0 Å². The molecule has 2 aromatic rings. The number of rotatable bonds is 12. The molecule has 2 aromatic carbocycles. The molecule has 35 heavy (non-hydrogen) atoms. The first-order valence-corrected chi connectivity index (χ1v) is 13.7. The van der Waals surface area contributed by atoms with Crippen molar-refractivity contribution in [2.24, 2.45) is 0 Å². The molecule has 0 unspecified atom stereocenters. The van der Waals surface area contributed by atoms with Gasteiger partial charge in [0.15, 0.2) is 0 Å². The Bertz CT molecular complexity index is 1090. The van der Waals surface area contributed by atoms with Crippen molar-refractivity contribution in [3.05, 3.63) is 64.1 Å². The third-order valence-electron chi connectivity index (χ3n) is 5.87. The molecule has 0 aliphatic carbocycles. The molecule has 0 bridgehead atoms. The van der Waals surface area contributed by atoms with Crippen molar-refractivity contribution in [2.45, 2.75) is 63.6 Å². The Hall–Kier alpha value is -2.13. The lowest BCUT2D eigenvalue weighted by molar-refractivity contribution is -0.141. The van der Waals surface area contributed by atoms with Crippen LogP contribution in [0.2, 0.25) is 10.0 Å². The van der Waals surface area contributed by atoms with Crippen LogP contribution in [0.4, 0.5) is 0 Å². The van der Waals surface area contributed by atoms with Crippen molar-refractivity contribution in [2.75, 3.05) is 13.6 Å². The normalized spacial score (nSPS) is 13.3. The minimum absolute atomic E-state index is 0.0392. The molecule has 1 N–H and O–H groups in total. The summed E-state index contributed by atoms with van der Waals surface area (Å²) in [5.41, 5.74) is 0.552. The van der Waals surface area contributed by atoms with E-state index < -0.39 is 16.1 Å². The Kier molecular flexibility index (Phi) is 11.0. The maximum atomic E-state index is 13.3. The minimum atomic E-state index is -3.65. The molecule has 7 nitrogen and oxygen atoms in total. The summed E-state index contributed by atoms with van der Waals surface area (Å²) in [4.78, 5) is 27.7. The summed E-state index contributed by atoms with van der Waals surface area (Å²) < 4.78 is 26.7. The molecule has 2 atom stereocenters. The van der Waals surface area contributed by atoms with E-state index in [0.717, 1.165) is 6.42 Å². The van der Waals surface area contributed by atoms with Gasteiger partial charge in [-0.2, -0.15) is 0 Å². The maximum Gasteiger partial charge on any atom is 0.242 e. The first-order valence-electron chi connectivity index (χ1n) is 11.5. The van der Waals surface area contributed by atoms with E-state index in [1.54, 1.807) is 43.3 Å². The van der Waals surface area contributed by atoms with Gasteiger partial charge in [-0.05, 0) is 51.0 Å². The van der Waals surface area contributed by atoms with Crippen LogP contribution < -0.4 is 5.32 Å².